The highest BCUT2D eigenvalue weighted by atomic mass is 19.1. The third-order valence-corrected chi connectivity index (χ3v) is 5.11. The quantitative estimate of drug-likeness (QED) is 0.332. The van der Waals surface area contributed by atoms with Gasteiger partial charge in [-0.15, -0.1) is 0 Å². The van der Waals surface area contributed by atoms with Crippen molar-refractivity contribution < 1.29 is 23.2 Å². The summed E-state index contributed by atoms with van der Waals surface area (Å²) in [5.41, 5.74) is 1.64. The normalized spacial score (nSPS) is 10.8. The lowest BCUT2D eigenvalue weighted by Gasteiger charge is -2.23. The molecular weight excluding hydrogens is 437 g/mol. The zero-order valence-electron chi connectivity index (χ0n) is 20.1. The number of aryl methyl sites for hydroxylation is 1. The van der Waals surface area contributed by atoms with E-state index in [1.807, 2.05) is 36.9 Å². The maximum atomic E-state index is 13.1. The summed E-state index contributed by atoms with van der Waals surface area (Å²) in [5.74, 6) is 1.84. The van der Waals surface area contributed by atoms with Crippen molar-refractivity contribution in [3.8, 4) is 22.9 Å². The fourth-order valence-electron chi connectivity index (χ4n) is 3.48. The van der Waals surface area contributed by atoms with E-state index in [9.17, 15) is 9.18 Å². The van der Waals surface area contributed by atoms with Crippen molar-refractivity contribution in [2.24, 2.45) is 0 Å². The van der Waals surface area contributed by atoms with Crippen molar-refractivity contribution in [1.82, 2.24) is 15.0 Å². The second-order valence-electron chi connectivity index (χ2n) is 7.90. The standard InChI is InChI=1S/C26H32FN3O4/c1-4-15-30(18-19-7-12-22(33-16-5-2)23(17-19)32-6-3)25(31)14-13-24-28-26(29-34-24)20-8-10-21(27)11-9-20/h7-12,17H,4-6,13-16,18H2,1-3H3. The first kappa shape index (κ1) is 25.2. The van der Waals surface area contributed by atoms with Crippen LogP contribution in [0, 0.1) is 5.82 Å². The summed E-state index contributed by atoms with van der Waals surface area (Å²) < 4.78 is 29.9. The number of carbonyl (C=O) groups excluding carboxylic acids is 1. The monoisotopic (exact) mass is 469 g/mol. The molecule has 182 valence electrons. The molecule has 7 nitrogen and oxygen atoms in total. The lowest BCUT2D eigenvalue weighted by atomic mass is 10.1. The number of ether oxygens (including phenoxy) is 2. The van der Waals surface area contributed by atoms with Gasteiger partial charge in [0.05, 0.1) is 13.2 Å². The van der Waals surface area contributed by atoms with Gasteiger partial charge in [-0.2, -0.15) is 4.98 Å². The highest BCUT2D eigenvalue weighted by Crippen LogP contribution is 2.29. The first-order chi connectivity index (χ1) is 16.5. The Balaban J connectivity index is 1.63. The molecule has 0 saturated heterocycles. The number of aromatic nitrogens is 2. The molecule has 0 unspecified atom stereocenters. The molecular formula is C26H32FN3O4. The summed E-state index contributed by atoms with van der Waals surface area (Å²) in [5, 5.41) is 3.94. The molecule has 0 bridgehead atoms. The van der Waals surface area contributed by atoms with Crippen molar-refractivity contribution in [1.29, 1.82) is 0 Å². The Bertz CT molecular complexity index is 1050. The maximum absolute atomic E-state index is 13.1. The molecule has 0 N–H and O–H groups in total. The predicted molar refractivity (Wildman–Crippen MR) is 127 cm³/mol. The van der Waals surface area contributed by atoms with E-state index in [1.165, 1.54) is 12.1 Å². The maximum Gasteiger partial charge on any atom is 0.227 e. The topological polar surface area (TPSA) is 77.7 Å². The lowest BCUT2D eigenvalue weighted by molar-refractivity contribution is -0.131. The van der Waals surface area contributed by atoms with Gasteiger partial charge >= 0.3 is 0 Å². The minimum absolute atomic E-state index is 0.00708. The molecule has 0 spiro atoms. The van der Waals surface area contributed by atoms with E-state index in [-0.39, 0.29) is 18.1 Å². The van der Waals surface area contributed by atoms with Crippen LogP contribution in [0.1, 0.15) is 51.5 Å². The number of benzene rings is 2. The van der Waals surface area contributed by atoms with E-state index in [0.717, 1.165) is 18.4 Å². The van der Waals surface area contributed by atoms with Crippen LogP contribution in [0.4, 0.5) is 4.39 Å². The van der Waals surface area contributed by atoms with Gasteiger partial charge in [-0.1, -0.05) is 25.1 Å². The summed E-state index contributed by atoms with van der Waals surface area (Å²) >= 11 is 0. The average Bonchev–Trinajstić information content (AvgIpc) is 3.31. The Morgan fingerprint density at radius 3 is 2.53 bits per heavy atom. The van der Waals surface area contributed by atoms with Crippen molar-refractivity contribution in [2.75, 3.05) is 19.8 Å². The number of hydrogen-bond donors (Lipinski definition) is 0. The molecule has 0 saturated carbocycles. The largest absolute Gasteiger partial charge is 0.490 e. The number of halogens is 1. The lowest BCUT2D eigenvalue weighted by Crippen LogP contribution is -2.31. The number of hydrogen-bond acceptors (Lipinski definition) is 6. The Morgan fingerprint density at radius 2 is 1.82 bits per heavy atom. The summed E-state index contributed by atoms with van der Waals surface area (Å²) in [7, 11) is 0. The highest BCUT2D eigenvalue weighted by Gasteiger charge is 2.17. The summed E-state index contributed by atoms with van der Waals surface area (Å²) in [4.78, 5) is 19.1. The van der Waals surface area contributed by atoms with E-state index in [1.54, 1.807) is 12.1 Å². The Morgan fingerprint density at radius 1 is 1.03 bits per heavy atom. The molecule has 3 aromatic rings. The van der Waals surface area contributed by atoms with Crippen molar-refractivity contribution in [2.45, 2.75) is 53.0 Å². The van der Waals surface area contributed by atoms with Crippen molar-refractivity contribution >= 4 is 5.91 Å². The van der Waals surface area contributed by atoms with Crippen LogP contribution < -0.4 is 9.47 Å². The van der Waals surface area contributed by atoms with Gasteiger partial charge in [0.25, 0.3) is 0 Å². The van der Waals surface area contributed by atoms with Gasteiger partial charge in [-0.3, -0.25) is 4.79 Å². The fourth-order valence-corrected chi connectivity index (χ4v) is 3.48. The fraction of sp³-hybridized carbons (Fsp3) is 0.423. The van der Waals surface area contributed by atoms with E-state index >= 15 is 0 Å². The van der Waals surface area contributed by atoms with Crippen molar-refractivity contribution in [3.05, 3.63) is 59.7 Å². The molecule has 0 radical (unpaired) electrons. The molecule has 3 rings (SSSR count). The third-order valence-electron chi connectivity index (χ3n) is 5.11. The summed E-state index contributed by atoms with van der Waals surface area (Å²) in [6.45, 7) is 8.31. The van der Waals surface area contributed by atoms with Crippen LogP contribution in [0.15, 0.2) is 47.0 Å². The average molecular weight is 470 g/mol. The van der Waals surface area contributed by atoms with Crippen LogP contribution in [0.2, 0.25) is 0 Å². The van der Waals surface area contributed by atoms with E-state index in [2.05, 4.69) is 17.1 Å². The van der Waals surface area contributed by atoms with Crippen molar-refractivity contribution in [3.63, 3.8) is 0 Å². The van der Waals surface area contributed by atoms with Gasteiger partial charge in [0.15, 0.2) is 11.5 Å². The van der Waals surface area contributed by atoms with Gasteiger partial charge in [0.1, 0.15) is 5.82 Å². The smallest absolute Gasteiger partial charge is 0.227 e. The molecule has 1 heterocycles. The molecule has 1 amide bonds. The van der Waals surface area contributed by atoms with Crippen LogP contribution in [0.25, 0.3) is 11.4 Å². The number of rotatable bonds is 13. The molecule has 0 aliphatic heterocycles. The molecule has 0 aliphatic rings. The Kier molecular flexibility index (Phi) is 9.43. The summed E-state index contributed by atoms with van der Waals surface area (Å²) in [6.07, 6.45) is 2.34. The van der Waals surface area contributed by atoms with E-state index in [0.29, 0.717) is 61.5 Å². The predicted octanol–water partition coefficient (Wildman–Crippen LogP) is 5.43. The minimum Gasteiger partial charge on any atom is -0.490 e. The van der Waals surface area contributed by atoms with E-state index < -0.39 is 0 Å². The van der Waals surface area contributed by atoms with Gasteiger partial charge in [0, 0.05) is 31.5 Å². The molecule has 2 aromatic carbocycles. The highest BCUT2D eigenvalue weighted by molar-refractivity contribution is 5.76. The van der Waals surface area contributed by atoms with Gasteiger partial charge in [0.2, 0.25) is 17.6 Å². The molecule has 1 aromatic heterocycles. The zero-order chi connectivity index (χ0) is 24.3. The Hall–Kier alpha value is -3.42. The molecule has 34 heavy (non-hydrogen) atoms. The van der Waals surface area contributed by atoms with Crippen LogP contribution in [-0.4, -0.2) is 40.7 Å². The van der Waals surface area contributed by atoms with Crippen LogP contribution in [-0.2, 0) is 17.8 Å². The third kappa shape index (κ3) is 7.04. The van der Waals surface area contributed by atoms with Crippen LogP contribution >= 0.6 is 0 Å². The molecule has 0 aliphatic carbocycles. The minimum atomic E-state index is -0.328. The summed E-state index contributed by atoms with van der Waals surface area (Å²) in [6, 6.07) is 11.7. The van der Waals surface area contributed by atoms with Gasteiger partial charge < -0.3 is 18.9 Å². The Labute approximate surface area is 199 Å². The first-order valence-corrected chi connectivity index (χ1v) is 11.8. The van der Waals surface area contributed by atoms with Gasteiger partial charge in [-0.05, 0) is 61.7 Å². The van der Waals surface area contributed by atoms with Crippen LogP contribution in [0.3, 0.4) is 0 Å². The van der Waals surface area contributed by atoms with E-state index in [4.69, 9.17) is 14.0 Å². The second-order valence-corrected chi connectivity index (χ2v) is 7.90. The number of amides is 1. The number of carbonyl (C=O) groups is 1. The number of nitrogens with zero attached hydrogens (tertiary/aromatic N) is 3. The molecule has 0 fully saturated rings. The van der Waals surface area contributed by atoms with Gasteiger partial charge in [-0.25, -0.2) is 4.39 Å². The molecule has 0 atom stereocenters. The second kappa shape index (κ2) is 12.7. The SMILES string of the molecule is CCCOc1ccc(CN(CCC)C(=O)CCc2nc(-c3ccc(F)cc3)no2)cc1OCC. The molecule has 8 heteroatoms. The first-order valence-electron chi connectivity index (χ1n) is 11.8. The zero-order valence-corrected chi connectivity index (χ0v) is 20.1. The van der Waals surface area contributed by atoms with Crippen LogP contribution in [0.5, 0.6) is 11.5 Å².